The number of carbonyl (C=O) groups is 2. The molecule has 0 aromatic carbocycles. The first-order valence-electron chi connectivity index (χ1n) is 15.9. The molecule has 6 fully saturated rings. The molecule has 10 atom stereocenters. The molecule has 1 aromatic heterocycles. The van der Waals surface area contributed by atoms with Crippen LogP contribution in [0.2, 0.25) is 0 Å². The maximum Gasteiger partial charge on any atom is 0.335 e. The zero-order chi connectivity index (χ0) is 28.6. The van der Waals surface area contributed by atoms with Gasteiger partial charge >= 0.3 is 17.6 Å². The van der Waals surface area contributed by atoms with Crippen LogP contribution in [0.4, 0.5) is 4.79 Å². The van der Waals surface area contributed by atoms with Crippen molar-refractivity contribution >= 4 is 12.0 Å². The van der Waals surface area contributed by atoms with Gasteiger partial charge in [0.15, 0.2) is 0 Å². The van der Waals surface area contributed by atoms with Gasteiger partial charge in [-0.2, -0.15) is 0 Å². The molecule has 41 heavy (non-hydrogen) atoms. The predicted molar refractivity (Wildman–Crippen MR) is 151 cm³/mol. The highest BCUT2D eigenvalue weighted by Gasteiger charge is 2.84. The van der Waals surface area contributed by atoms with Gasteiger partial charge in [0.25, 0.3) is 0 Å². The van der Waals surface area contributed by atoms with Gasteiger partial charge in [-0.1, -0.05) is 13.8 Å². The number of esters is 1. The average molecular weight is 568 g/mol. The van der Waals surface area contributed by atoms with Crippen molar-refractivity contribution in [1.29, 1.82) is 0 Å². The van der Waals surface area contributed by atoms with E-state index in [1.54, 1.807) is 6.26 Å². The Balaban J connectivity index is 1.09. The molecule has 2 amide bonds. The third-order valence-corrected chi connectivity index (χ3v) is 12.5. The Morgan fingerprint density at radius 2 is 1.76 bits per heavy atom. The van der Waals surface area contributed by atoms with Crippen LogP contribution in [0.5, 0.6) is 0 Å². The van der Waals surface area contributed by atoms with Crippen LogP contribution in [0.15, 0.2) is 27.6 Å². The van der Waals surface area contributed by atoms with Crippen molar-refractivity contribution in [2.75, 3.05) is 13.1 Å². The summed E-state index contributed by atoms with van der Waals surface area (Å²) < 4.78 is 18.0. The smallest absolute Gasteiger partial charge is 0.335 e. The Hall–Kier alpha value is -2.39. The lowest BCUT2D eigenvalue weighted by atomic mass is 9.44. The number of carbonyl (C=O) groups excluding carboxylic acids is 2. The van der Waals surface area contributed by atoms with E-state index < -0.39 is 0 Å². The highest BCUT2D eigenvalue weighted by molar-refractivity contribution is 5.74. The molecule has 9 heteroatoms. The molecule has 3 N–H and O–H groups in total. The number of amides is 2. The van der Waals surface area contributed by atoms with Crippen LogP contribution < -0.4 is 21.6 Å². The molecule has 6 aliphatic rings. The van der Waals surface area contributed by atoms with Crippen molar-refractivity contribution in [1.82, 2.24) is 16.0 Å². The molecule has 3 heterocycles. The molecule has 4 saturated carbocycles. The number of hydrogen-bond donors (Lipinski definition) is 3. The molecule has 1 spiro atoms. The van der Waals surface area contributed by atoms with Crippen LogP contribution in [0.3, 0.4) is 0 Å². The highest BCUT2D eigenvalue weighted by Crippen LogP contribution is 2.78. The molecule has 0 radical (unpaired) electrons. The molecule has 7 rings (SSSR count). The molecule has 2 saturated heterocycles. The molecule has 0 bridgehead atoms. The largest absolute Gasteiger partial charge is 0.459 e. The van der Waals surface area contributed by atoms with Crippen LogP contribution >= 0.6 is 0 Å². The van der Waals surface area contributed by atoms with Crippen LogP contribution in [0, 0.1) is 28.6 Å². The molecule has 9 nitrogen and oxygen atoms in total. The SMILES string of the molecule is CC(=O)O[C@H]1[C@H]2O[C@]23[C@@H]2CC[C@@H]4C[C@@H](NC(=O)NC5CCNCC5)CC[C@]4(C)[C@H]2CC[C@]3(C)[C@H]1c1ccc(=O)oc1. The summed E-state index contributed by atoms with van der Waals surface area (Å²) in [5, 5.41) is 9.88. The number of piperidine rings is 1. The van der Waals surface area contributed by atoms with Gasteiger partial charge in [0.05, 0.1) is 6.26 Å². The summed E-state index contributed by atoms with van der Waals surface area (Å²) in [5.41, 5.74) is 0.206. The summed E-state index contributed by atoms with van der Waals surface area (Å²) in [6, 6.07) is 3.79. The van der Waals surface area contributed by atoms with Crippen molar-refractivity contribution in [2.24, 2.45) is 28.6 Å². The molecular formula is C32H45N3O6. The van der Waals surface area contributed by atoms with Crippen LogP contribution in [0.1, 0.15) is 90.0 Å². The molecular weight excluding hydrogens is 522 g/mol. The van der Waals surface area contributed by atoms with Gasteiger partial charge in [-0.25, -0.2) is 9.59 Å². The van der Waals surface area contributed by atoms with Crippen molar-refractivity contribution in [3.05, 3.63) is 34.4 Å². The van der Waals surface area contributed by atoms with Crippen molar-refractivity contribution in [3.63, 3.8) is 0 Å². The number of urea groups is 1. The van der Waals surface area contributed by atoms with Crippen LogP contribution in [0.25, 0.3) is 0 Å². The quantitative estimate of drug-likeness (QED) is 0.373. The summed E-state index contributed by atoms with van der Waals surface area (Å²) in [6.07, 6.45) is 10.5. The minimum Gasteiger partial charge on any atom is -0.459 e. The first kappa shape index (κ1) is 27.4. The molecule has 224 valence electrons. The normalized spacial score (nSPS) is 44.9. The lowest BCUT2D eigenvalue weighted by Crippen LogP contribution is -2.59. The molecule has 1 aromatic rings. The maximum absolute atomic E-state index is 12.8. The third kappa shape index (κ3) is 4.20. The second-order valence-corrected chi connectivity index (χ2v) is 14.3. The van der Waals surface area contributed by atoms with Gasteiger partial charge in [-0.15, -0.1) is 0 Å². The Morgan fingerprint density at radius 1 is 0.976 bits per heavy atom. The number of rotatable bonds is 4. The maximum atomic E-state index is 12.8. The lowest BCUT2D eigenvalue weighted by Gasteiger charge is -2.61. The second kappa shape index (κ2) is 9.83. The minimum atomic E-state index is -0.382. The van der Waals surface area contributed by atoms with Gasteiger partial charge in [-0.3, -0.25) is 4.79 Å². The topological polar surface area (TPSA) is 122 Å². The fourth-order valence-corrected chi connectivity index (χ4v) is 10.6. The van der Waals surface area contributed by atoms with Crippen LogP contribution in [-0.4, -0.2) is 55.0 Å². The Morgan fingerprint density at radius 3 is 2.49 bits per heavy atom. The Kier molecular flexibility index (Phi) is 6.58. The second-order valence-electron chi connectivity index (χ2n) is 14.3. The predicted octanol–water partition coefficient (Wildman–Crippen LogP) is 3.86. The molecule has 2 aliphatic heterocycles. The Labute approximate surface area is 241 Å². The van der Waals surface area contributed by atoms with Gasteiger partial charge in [-0.05, 0) is 106 Å². The van der Waals surface area contributed by atoms with E-state index in [-0.39, 0.29) is 64.3 Å². The first-order valence-corrected chi connectivity index (χ1v) is 15.9. The third-order valence-electron chi connectivity index (χ3n) is 12.5. The highest BCUT2D eigenvalue weighted by atomic mass is 16.7. The Bertz CT molecular complexity index is 1240. The number of nitrogens with one attached hydrogen (secondary N) is 3. The van der Waals surface area contributed by atoms with E-state index in [0.717, 1.165) is 76.4 Å². The van der Waals surface area contributed by atoms with Crippen molar-refractivity contribution in [3.8, 4) is 0 Å². The minimum absolute atomic E-state index is 0.00834. The number of hydrogen-bond acceptors (Lipinski definition) is 7. The standard InChI is InChI=1S/C32H45N3O6/c1-18(36)40-27-26(19-4-7-25(37)39-17-19)31(3)13-9-23-24(32(31)28(27)41-32)6-5-20-16-22(8-12-30(20,23)2)35-29(38)34-21-10-14-33-15-11-21/h4,7,17,20-24,26-28,33H,5-6,8-16H2,1-3H3,(H2,34,35,38)/t20-,22+,23+,24-,26+,27-,28-,30+,31-,32-/m1/s1. The van der Waals surface area contributed by atoms with Crippen LogP contribution in [-0.2, 0) is 14.3 Å². The van der Waals surface area contributed by atoms with E-state index in [4.69, 9.17) is 13.9 Å². The van der Waals surface area contributed by atoms with E-state index in [9.17, 15) is 14.4 Å². The monoisotopic (exact) mass is 567 g/mol. The number of epoxide rings is 1. The van der Waals surface area contributed by atoms with Gasteiger partial charge in [0, 0.05) is 36.4 Å². The summed E-state index contributed by atoms with van der Waals surface area (Å²) in [4.78, 5) is 36.8. The lowest BCUT2D eigenvalue weighted by molar-refractivity contribution is -0.156. The number of fused-ring (bicyclic) bond motifs is 3. The fraction of sp³-hybridized carbons (Fsp3) is 0.781. The average Bonchev–Trinajstić information content (AvgIpc) is 3.64. The van der Waals surface area contributed by atoms with Gasteiger partial charge < -0.3 is 29.8 Å². The summed E-state index contributed by atoms with van der Waals surface area (Å²) in [5.74, 6) is 1.14. The van der Waals surface area contributed by atoms with E-state index >= 15 is 0 Å². The van der Waals surface area contributed by atoms with Crippen molar-refractivity contribution in [2.45, 2.75) is 114 Å². The fourth-order valence-electron chi connectivity index (χ4n) is 10.6. The van der Waals surface area contributed by atoms with E-state index in [0.29, 0.717) is 17.8 Å². The molecule has 0 unspecified atom stereocenters. The summed E-state index contributed by atoms with van der Waals surface area (Å²) >= 11 is 0. The van der Waals surface area contributed by atoms with Crippen molar-refractivity contribution < 1.29 is 23.5 Å². The van der Waals surface area contributed by atoms with E-state index in [1.165, 1.54) is 13.0 Å². The van der Waals surface area contributed by atoms with E-state index in [2.05, 4.69) is 29.8 Å². The zero-order valence-electron chi connectivity index (χ0n) is 24.6. The molecule has 4 aliphatic carbocycles. The summed E-state index contributed by atoms with van der Waals surface area (Å²) in [6.45, 7) is 8.21. The zero-order valence-corrected chi connectivity index (χ0v) is 24.6. The van der Waals surface area contributed by atoms with Gasteiger partial charge in [0.1, 0.15) is 17.8 Å². The van der Waals surface area contributed by atoms with E-state index in [1.807, 2.05) is 6.07 Å². The van der Waals surface area contributed by atoms with Gasteiger partial charge in [0.2, 0.25) is 0 Å². The summed E-state index contributed by atoms with van der Waals surface area (Å²) in [7, 11) is 0. The first-order chi connectivity index (χ1) is 19.7. The number of ether oxygens (including phenoxy) is 2.